The highest BCUT2D eigenvalue weighted by molar-refractivity contribution is 9.10. The molecule has 1 aromatic heterocycles. The Morgan fingerprint density at radius 2 is 2.17 bits per heavy atom. The largest absolute Gasteiger partial charge is 0.339 e. The van der Waals surface area contributed by atoms with Crippen LogP contribution in [-0.2, 0) is 0 Å². The number of nitrogens with zero attached hydrogens (tertiary/aromatic N) is 3. The maximum atomic E-state index is 12.1. The second kappa shape index (κ2) is 6.29. The molecule has 0 saturated carbocycles. The number of hydrogen-bond acceptors (Lipinski definition) is 3. The summed E-state index contributed by atoms with van der Waals surface area (Å²) >= 11 is 3.28. The minimum Gasteiger partial charge on any atom is -0.339 e. The van der Waals surface area contributed by atoms with Crippen molar-refractivity contribution in [3.05, 3.63) is 28.5 Å². The van der Waals surface area contributed by atoms with E-state index in [-0.39, 0.29) is 5.91 Å². The first kappa shape index (κ1) is 13.5. The van der Waals surface area contributed by atoms with Gasteiger partial charge in [-0.25, -0.2) is 4.98 Å². The first-order chi connectivity index (χ1) is 8.66. The van der Waals surface area contributed by atoms with Crippen LogP contribution in [0.25, 0.3) is 0 Å². The SMILES string of the molecule is CN(CCN1CCCC1)C(=O)c1cccc(Br)n1. The molecular weight excluding hydrogens is 294 g/mol. The number of pyridine rings is 1. The van der Waals surface area contributed by atoms with Crippen LogP contribution in [0, 0.1) is 0 Å². The highest BCUT2D eigenvalue weighted by Crippen LogP contribution is 2.09. The standard InChI is InChI=1S/C13H18BrN3O/c1-16(9-10-17-7-2-3-8-17)13(18)11-5-4-6-12(14)15-11/h4-6H,2-3,7-10H2,1H3. The fourth-order valence-corrected chi connectivity index (χ4v) is 2.47. The van der Waals surface area contributed by atoms with Crippen LogP contribution in [0.2, 0.25) is 0 Å². The van der Waals surface area contributed by atoms with Crippen LogP contribution in [0.5, 0.6) is 0 Å². The van der Waals surface area contributed by atoms with Gasteiger partial charge in [-0.05, 0) is 54.0 Å². The molecule has 4 nitrogen and oxygen atoms in total. The van der Waals surface area contributed by atoms with Gasteiger partial charge in [-0.3, -0.25) is 4.79 Å². The second-order valence-electron chi connectivity index (χ2n) is 4.62. The van der Waals surface area contributed by atoms with E-state index in [1.807, 2.05) is 19.2 Å². The van der Waals surface area contributed by atoms with E-state index in [0.29, 0.717) is 10.3 Å². The lowest BCUT2D eigenvalue weighted by Crippen LogP contribution is -2.35. The molecule has 2 heterocycles. The summed E-state index contributed by atoms with van der Waals surface area (Å²) < 4.78 is 0.696. The van der Waals surface area contributed by atoms with Gasteiger partial charge in [0.05, 0.1) is 0 Å². The molecule has 2 rings (SSSR count). The van der Waals surface area contributed by atoms with Gasteiger partial charge in [0, 0.05) is 20.1 Å². The molecule has 1 aliphatic heterocycles. The molecule has 1 saturated heterocycles. The monoisotopic (exact) mass is 311 g/mol. The summed E-state index contributed by atoms with van der Waals surface area (Å²) in [6.45, 7) is 4.04. The minimum atomic E-state index is -0.0181. The van der Waals surface area contributed by atoms with Gasteiger partial charge in [0.25, 0.3) is 5.91 Å². The summed E-state index contributed by atoms with van der Waals surface area (Å²) in [6.07, 6.45) is 2.57. The summed E-state index contributed by atoms with van der Waals surface area (Å²) in [5.41, 5.74) is 0.494. The number of halogens is 1. The van der Waals surface area contributed by atoms with Gasteiger partial charge in [-0.1, -0.05) is 6.07 Å². The Balaban J connectivity index is 1.87. The molecule has 5 heteroatoms. The quantitative estimate of drug-likeness (QED) is 0.798. The zero-order valence-electron chi connectivity index (χ0n) is 10.6. The highest BCUT2D eigenvalue weighted by atomic mass is 79.9. The van der Waals surface area contributed by atoms with Crippen molar-refractivity contribution in [1.82, 2.24) is 14.8 Å². The number of carbonyl (C=O) groups is 1. The summed E-state index contributed by atoms with van der Waals surface area (Å²) in [7, 11) is 1.83. The van der Waals surface area contributed by atoms with E-state index in [2.05, 4.69) is 25.8 Å². The molecule has 0 aliphatic carbocycles. The third kappa shape index (κ3) is 3.53. The van der Waals surface area contributed by atoms with Gasteiger partial charge < -0.3 is 9.80 Å². The van der Waals surface area contributed by atoms with E-state index in [4.69, 9.17) is 0 Å². The van der Waals surface area contributed by atoms with Crippen molar-refractivity contribution >= 4 is 21.8 Å². The summed E-state index contributed by atoms with van der Waals surface area (Å²) in [5.74, 6) is -0.0181. The average Bonchev–Trinajstić information content (AvgIpc) is 2.88. The zero-order valence-corrected chi connectivity index (χ0v) is 12.2. The van der Waals surface area contributed by atoms with E-state index >= 15 is 0 Å². The third-order valence-electron chi connectivity index (χ3n) is 3.23. The van der Waals surface area contributed by atoms with Gasteiger partial charge in [-0.15, -0.1) is 0 Å². The lowest BCUT2D eigenvalue weighted by atomic mass is 10.3. The van der Waals surface area contributed by atoms with Crippen LogP contribution >= 0.6 is 15.9 Å². The van der Waals surface area contributed by atoms with Crippen molar-refractivity contribution in [2.45, 2.75) is 12.8 Å². The van der Waals surface area contributed by atoms with Crippen molar-refractivity contribution in [3.63, 3.8) is 0 Å². The Bertz CT molecular complexity index is 418. The average molecular weight is 312 g/mol. The number of likely N-dealkylation sites (N-methyl/N-ethyl adjacent to an activating group) is 1. The highest BCUT2D eigenvalue weighted by Gasteiger charge is 2.16. The molecule has 18 heavy (non-hydrogen) atoms. The van der Waals surface area contributed by atoms with Gasteiger partial charge in [-0.2, -0.15) is 0 Å². The van der Waals surface area contributed by atoms with E-state index in [1.165, 1.54) is 12.8 Å². The van der Waals surface area contributed by atoms with E-state index < -0.39 is 0 Å². The fourth-order valence-electron chi connectivity index (χ4n) is 2.12. The molecule has 1 fully saturated rings. The molecular formula is C13H18BrN3O. The van der Waals surface area contributed by atoms with Crippen molar-refractivity contribution < 1.29 is 4.79 Å². The Morgan fingerprint density at radius 3 is 2.83 bits per heavy atom. The van der Waals surface area contributed by atoms with Gasteiger partial charge >= 0.3 is 0 Å². The smallest absolute Gasteiger partial charge is 0.272 e. The summed E-state index contributed by atoms with van der Waals surface area (Å²) in [6, 6.07) is 5.40. The maximum Gasteiger partial charge on any atom is 0.272 e. The number of aromatic nitrogens is 1. The lowest BCUT2D eigenvalue weighted by molar-refractivity contribution is 0.0776. The maximum absolute atomic E-state index is 12.1. The predicted octanol–water partition coefficient (Wildman–Crippen LogP) is 2.01. The van der Waals surface area contributed by atoms with E-state index in [0.717, 1.165) is 26.2 Å². The van der Waals surface area contributed by atoms with Crippen molar-refractivity contribution in [2.24, 2.45) is 0 Å². The molecule has 0 bridgehead atoms. The van der Waals surface area contributed by atoms with Crippen molar-refractivity contribution in [1.29, 1.82) is 0 Å². The Labute approximate surface area is 116 Å². The summed E-state index contributed by atoms with van der Waals surface area (Å²) in [5, 5.41) is 0. The van der Waals surface area contributed by atoms with Crippen LogP contribution < -0.4 is 0 Å². The first-order valence-corrected chi connectivity index (χ1v) is 7.06. The van der Waals surface area contributed by atoms with Crippen molar-refractivity contribution in [2.75, 3.05) is 33.2 Å². The normalized spacial score (nSPS) is 15.9. The number of rotatable bonds is 4. The van der Waals surface area contributed by atoms with Crippen LogP contribution in [0.3, 0.4) is 0 Å². The van der Waals surface area contributed by atoms with Crippen LogP contribution in [0.4, 0.5) is 0 Å². The van der Waals surface area contributed by atoms with Crippen molar-refractivity contribution in [3.8, 4) is 0 Å². The molecule has 0 N–H and O–H groups in total. The van der Waals surface area contributed by atoms with Gasteiger partial charge in [0.1, 0.15) is 10.3 Å². The van der Waals surface area contributed by atoms with Crippen LogP contribution in [0.1, 0.15) is 23.3 Å². The minimum absolute atomic E-state index is 0.0181. The van der Waals surface area contributed by atoms with E-state index in [9.17, 15) is 4.79 Å². The van der Waals surface area contributed by atoms with Gasteiger partial charge in [0.15, 0.2) is 0 Å². The number of carbonyl (C=O) groups excluding carboxylic acids is 1. The topological polar surface area (TPSA) is 36.4 Å². The fraction of sp³-hybridized carbons (Fsp3) is 0.538. The number of hydrogen-bond donors (Lipinski definition) is 0. The molecule has 0 radical (unpaired) electrons. The molecule has 98 valence electrons. The molecule has 0 spiro atoms. The first-order valence-electron chi connectivity index (χ1n) is 6.27. The molecule has 1 amide bonds. The molecule has 1 aromatic rings. The number of amides is 1. The Kier molecular flexibility index (Phi) is 4.72. The molecule has 1 aliphatic rings. The lowest BCUT2D eigenvalue weighted by Gasteiger charge is -2.21. The summed E-state index contributed by atoms with van der Waals surface area (Å²) in [4.78, 5) is 20.5. The Morgan fingerprint density at radius 1 is 1.44 bits per heavy atom. The number of likely N-dealkylation sites (tertiary alicyclic amines) is 1. The molecule has 0 aromatic carbocycles. The predicted molar refractivity (Wildman–Crippen MR) is 74.6 cm³/mol. The Hall–Kier alpha value is -0.940. The second-order valence-corrected chi connectivity index (χ2v) is 5.43. The molecule has 0 unspecified atom stereocenters. The van der Waals surface area contributed by atoms with E-state index in [1.54, 1.807) is 11.0 Å². The van der Waals surface area contributed by atoms with Gasteiger partial charge in [0.2, 0.25) is 0 Å². The third-order valence-corrected chi connectivity index (χ3v) is 3.67. The van der Waals surface area contributed by atoms with Crippen LogP contribution in [-0.4, -0.2) is 53.9 Å². The zero-order chi connectivity index (χ0) is 13.0. The molecule has 0 atom stereocenters. The van der Waals surface area contributed by atoms with Crippen LogP contribution in [0.15, 0.2) is 22.8 Å².